The van der Waals surface area contributed by atoms with Crippen molar-refractivity contribution in [3.63, 3.8) is 0 Å². The zero-order chi connectivity index (χ0) is 16.8. The van der Waals surface area contributed by atoms with Crippen molar-refractivity contribution in [2.75, 3.05) is 13.6 Å². The average molecular weight is 334 g/mol. The van der Waals surface area contributed by atoms with E-state index in [4.69, 9.17) is 12.2 Å². The SMILES string of the molecule is CN1C[C@]2(C)CCC=C(c3ccccc3)[C@]2(c2ccccc2)C1=S. The Labute approximate surface area is 150 Å². The zero-order valence-corrected chi connectivity index (χ0v) is 15.1. The second kappa shape index (κ2) is 5.56. The fourth-order valence-electron chi connectivity index (χ4n) is 4.92. The molecule has 0 spiro atoms. The lowest BCUT2D eigenvalue weighted by Gasteiger charge is -2.47. The van der Waals surface area contributed by atoms with Crippen LogP contribution < -0.4 is 0 Å². The summed E-state index contributed by atoms with van der Waals surface area (Å²) in [6, 6.07) is 21.7. The number of allylic oxidation sites excluding steroid dienone is 1. The number of thiocarbonyl (C=S) groups is 1. The van der Waals surface area contributed by atoms with Crippen LogP contribution in [-0.4, -0.2) is 23.5 Å². The van der Waals surface area contributed by atoms with Crippen LogP contribution in [0.3, 0.4) is 0 Å². The highest BCUT2D eigenvalue weighted by atomic mass is 32.1. The molecule has 2 aromatic rings. The summed E-state index contributed by atoms with van der Waals surface area (Å²) >= 11 is 6.07. The smallest absolute Gasteiger partial charge is 0.0935 e. The maximum atomic E-state index is 6.07. The summed E-state index contributed by atoms with van der Waals surface area (Å²) in [4.78, 5) is 3.36. The Kier molecular flexibility index (Phi) is 3.61. The van der Waals surface area contributed by atoms with Crippen LogP contribution >= 0.6 is 12.2 Å². The molecule has 0 bridgehead atoms. The summed E-state index contributed by atoms with van der Waals surface area (Å²) in [5.74, 6) is 0. The van der Waals surface area contributed by atoms with Gasteiger partial charge in [-0.05, 0) is 29.5 Å². The fraction of sp³-hybridized carbons (Fsp3) is 0.318. The van der Waals surface area contributed by atoms with Crippen molar-refractivity contribution in [1.82, 2.24) is 4.90 Å². The van der Waals surface area contributed by atoms with Crippen LogP contribution in [0.2, 0.25) is 0 Å². The number of fused-ring (bicyclic) bond motifs is 1. The van der Waals surface area contributed by atoms with E-state index in [0.29, 0.717) is 0 Å². The summed E-state index contributed by atoms with van der Waals surface area (Å²) in [7, 11) is 2.15. The summed E-state index contributed by atoms with van der Waals surface area (Å²) in [5, 5.41) is 0. The van der Waals surface area contributed by atoms with Crippen LogP contribution in [0.1, 0.15) is 30.9 Å². The quantitative estimate of drug-likeness (QED) is 0.705. The van der Waals surface area contributed by atoms with E-state index in [9.17, 15) is 0 Å². The zero-order valence-electron chi connectivity index (χ0n) is 14.3. The molecule has 1 saturated heterocycles. The minimum Gasteiger partial charge on any atom is -0.368 e. The molecule has 0 unspecified atom stereocenters. The first kappa shape index (κ1) is 15.6. The highest BCUT2D eigenvalue weighted by Gasteiger charge is 2.61. The number of likely N-dealkylation sites (N-methyl/N-ethyl adjacent to an activating group) is 1. The van der Waals surface area contributed by atoms with Gasteiger partial charge in [0.2, 0.25) is 0 Å². The van der Waals surface area contributed by atoms with Crippen molar-refractivity contribution in [3.8, 4) is 0 Å². The highest BCUT2D eigenvalue weighted by molar-refractivity contribution is 7.80. The van der Waals surface area contributed by atoms with E-state index in [1.807, 2.05) is 0 Å². The first-order valence-electron chi connectivity index (χ1n) is 8.67. The Morgan fingerprint density at radius 2 is 1.58 bits per heavy atom. The highest BCUT2D eigenvalue weighted by Crippen LogP contribution is 2.60. The van der Waals surface area contributed by atoms with Gasteiger partial charge in [-0.1, -0.05) is 85.9 Å². The van der Waals surface area contributed by atoms with E-state index in [2.05, 4.69) is 85.6 Å². The standard InChI is InChI=1S/C22H23NS/c1-21-15-9-14-19(17-10-5-3-6-11-17)22(21,20(24)23(2)16-21)18-12-7-4-8-13-18/h3-8,10-14H,9,15-16H2,1-2H3/t21-,22+/m0/s1. The maximum absolute atomic E-state index is 6.07. The molecule has 1 aliphatic heterocycles. The van der Waals surface area contributed by atoms with Gasteiger partial charge in [-0.15, -0.1) is 0 Å². The van der Waals surface area contributed by atoms with Crippen molar-refractivity contribution >= 4 is 22.8 Å². The Morgan fingerprint density at radius 1 is 0.958 bits per heavy atom. The van der Waals surface area contributed by atoms with Gasteiger partial charge in [0.05, 0.1) is 10.4 Å². The number of likely N-dealkylation sites (tertiary alicyclic amines) is 1. The number of hydrogen-bond donors (Lipinski definition) is 0. The van der Waals surface area contributed by atoms with Gasteiger partial charge in [-0.25, -0.2) is 0 Å². The molecule has 1 fully saturated rings. The van der Waals surface area contributed by atoms with Crippen molar-refractivity contribution in [2.45, 2.75) is 25.2 Å². The van der Waals surface area contributed by atoms with Crippen molar-refractivity contribution in [3.05, 3.63) is 77.9 Å². The maximum Gasteiger partial charge on any atom is 0.0935 e. The van der Waals surface area contributed by atoms with Gasteiger partial charge in [-0.2, -0.15) is 0 Å². The topological polar surface area (TPSA) is 3.24 Å². The van der Waals surface area contributed by atoms with Crippen LogP contribution in [0.25, 0.3) is 5.57 Å². The van der Waals surface area contributed by atoms with Gasteiger partial charge in [0.15, 0.2) is 0 Å². The molecule has 0 radical (unpaired) electrons. The minimum absolute atomic E-state index is 0.125. The molecule has 0 amide bonds. The lowest BCUT2D eigenvalue weighted by molar-refractivity contribution is 0.230. The molecule has 2 atom stereocenters. The lowest BCUT2D eigenvalue weighted by Crippen LogP contribution is -2.48. The molecule has 0 aromatic heterocycles. The largest absolute Gasteiger partial charge is 0.368 e. The van der Waals surface area contributed by atoms with Crippen molar-refractivity contribution in [1.29, 1.82) is 0 Å². The number of benzene rings is 2. The first-order valence-corrected chi connectivity index (χ1v) is 9.07. The third-order valence-corrected chi connectivity index (χ3v) is 6.52. The molecule has 1 nitrogen and oxygen atoms in total. The second-order valence-electron chi connectivity index (χ2n) is 7.36. The summed E-state index contributed by atoms with van der Waals surface area (Å²) < 4.78 is 0. The molecule has 0 saturated carbocycles. The predicted octanol–water partition coefficient (Wildman–Crippen LogP) is 5.08. The Bertz CT molecular complexity index is 795. The molecule has 1 heterocycles. The van der Waals surface area contributed by atoms with Crippen LogP contribution in [-0.2, 0) is 5.41 Å². The molecule has 122 valence electrons. The first-order chi connectivity index (χ1) is 11.6. The monoisotopic (exact) mass is 333 g/mol. The van der Waals surface area contributed by atoms with Gasteiger partial charge in [0.25, 0.3) is 0 Å². The third kappa shape index (κ3) is 1.96. The van der Waals surface area contributed by atoms with E-state index in [1.165, 1.54) is 23.1 Å². The molecule has 24 heavy (non-hydrogen) atoms. The molecule has 2 aromatic carbocycles. The van der Waals surface area contributed by atoms with Crippen LogP contribution in [0.4, 0.5) is 0 Å². The molecule has 2 aliphatic rings. The Morgan fingerprint density at radius 3 is 2.25 bits per heavy atom. The van der Waals surface area contributed by atoms with E-state index >= 15 is 0 Å². The fourth-order valence-corrected chi connectivity index (χ4v) is 5.46. The average Bonchev–Trinajstić information content (AvgIpc) is 2.83. The van der Waals surface area contributed by atoms with Gasteiger partial charge in [0, 0.05) is 19.0 Å². The van der Waals surface area contributed by atoms with Crippen LogP contribution in [0.15, 0.2) is 66.7 Å². The summed E-state index contributed by atoms with van der Waals surface area (Å²) in [6.45, 7) is 3.44. The molecular formula is C22H23NS. The third-order valence-electron chi connectivity index (χ3n) is 5.90. The second-order valence-corrected chi connectivity index (χ2v) is 7.75. The molecule has 4 rings (SSSR count). The van der Waals surface area contributed by atoms with Crippen LogP contribution in [0.5, 0.6) is 0 Å². The van der Waals surface area contributed by atoms with Gasteiger partial charge >= 0.3 is 0 Å². The number of rotatable bonds is 2. The van der Waals surface area contributed by atoms with Crippen molar-refractivity contribution in [2.24, 2.45) is 5.41 Å². The van der Waals surface area contributed by atoms with Crippen LogP contribution in [0, 0.1) is 5.41 Å². The number of nitrogens with zero attached hydrogens (tertiary/aromatic N) is 1. The molecular weight excluding hydrogens is 310 g/mol. The normalized spacial score (nSPS) is 29.3. The van der Waals surface area contributed by atoms with Crippen molar-refractivity contribution < 1.29 is 0 Å². The van der Waals surface area contributed by atoms with E-state index < -0.39 is 0 Å². The Balaban J connectivity index is 2.04. The number of hydrogen-bond acceptors (Lipinski definition) is 1. The van der Waals surface area contributed by atoms with E-state index in [0.717, 1.165) is 18.0 Å². The summed E-state index contributed by atoms with van der Waals surface area (Å²) in [6.07, 6.45) is 4.71. The van der Waals surface area contributed by atoms with E-state index in [1.54, 1.807) is 0 Å². The van der Waals surface area contributed by atoms with E-state index in [-0.39, 0.29) is 10.8 Å². The Hall–Kier alpha value is -1.93. The lowest BCUT2D eigenvalue weighted by atomic mass is 9.54. The molecule has 2 heteroatoms. The van der Waals surface area contributed by atoms with Gasteiger partial charge < -0.3 is 4.90 Å². The summed E-state index contributed by atoms with van der Waals surface area (Å²) in [5.41, 5.74) is 3.93. The molecule has 0 N–H and O–H groups in total. The minimum atomic E-state index is -0.210. The van der Waals surface area contributed by atoms with Gasteiger partial charge in [-0.3, -0.25) is 0 Å². The van der Waals surface area contributed by atoms with Gasteiger partial charge in [0.1, 0.15) is 0 Å². The molecule has 1 aliphatic carbocycles. The predicted molar refractivity (Wildman–Crippen MR) is 105 cm³/mol.